The summed E-state index contributed by atoms with van der Waals surface area (Å²) in [4.78, 5) is 5.05. The van der Waals surface area contributed by atoms with E-state index in [1.807, 2.05) is 25.1 Å². The van der Waals surface area contributed by atoms with Crippen molar-refractivity contribution < 1.29 is 9.47 Å². The molecule has 2 N–H and O–H groups in total. The smallest absolute Gasteiger partial charge is 0.180 e. The fourth-order valence-electron chi connectivity index (χ4n) is 1.52. The first-order chi connectivity index (χ1) is 8.24. The molecule has 90 valence electrons. The molecule has 0 aliphatic carbocycles. The van der Waals surface area contributed by atoms with E-state index in [2.05, 4.69) is 4.98 Å². The number of aromatic nitrogens is 1. The number of rotatable bonds is 4. The van der Waals surface area contributed by atoms with Crippen molar-refractivity contribution in [1.29, 1.82) is 0 Å². The first-order valence-electron chi connectivity index (χ1n) is 5.27. The highest BCUT2D eigenvalue weighted by Gasteiger charge is 2.08. The number of benzene rings is 1. The van der Waals surface area contributed by atoms with Gasteiger partial charge < -0.3 is 15.2 Å². The molecule has 4 nitrogen and oxygen atoms in total. The van der Waals surface area contributed by atoms with E-state index in [0.29, 0.717) is 11.7 Å². The quantitative estimate of drug-likeness (QED) is 0.906. The molecule has 0 spiro atoms. The Bertz CT molecular complexity index is 511. The van der Waals surface area contributed by atoms with E-state index in [9.17, 15) is 0 Å². The number of hydrogen-bond donors (Lipinski definition) is 1. The van der Waals surface area contributed by atoms with Crippen LogP contribution in [0.3, 0.4) is 0 Å². The predicted molar refractivity (Wildman–Crippen MR) is 69.7 cm³/mol. The minimum Gasteiger partial charge on any atom is -0.493 e. The summed E-state index contributed by atoms with van der Waals surface area (Å²) in [6, 6.07) is 5.80. The number of nitrogen functional groups attached to an aromatic ring is 1. The summed E-state index contributed by atoms with van der Waals surface area (Å²) in [5, 5.41) is 0.563. The van der Waals surface area contributed by atoms with Crippen LogP contribution in [0.1, 0.15) is 6.92 Å². The molecule has 0 aliphatic rings. The Balaban J connectivity index is 2.37. The second kappa shape index (κ2) is 5.05. The van der Waals surface area contributed by atoms with E-state index in [1.165, 1.54) is 11.3 Å². The van der Waals surface area contributed by atoms with E-state index >= 15 is 0 Å². The molecule has 0 atom stereocenters. The van der Waals surface area contributed by atoms with Gasteiger partial charge >= 0.3 is 0 Å². The molecule has 0 saturated carbocycles. The molecule has 2 rings (SSSR count). The average Bonchev–Trinajstić information content (AvgIpc) is 2.77. The Morgan fingerprint density at radius 1 is 1.35 bits per heavy atom. The number of nitrogens with two attached hydrogens (primary N) is 1. The number of anilines is 1. The maximum atomic E-state index is 5.62. The van der Waals surface area contributed by atoms with E-state index in [1.54, 1.807) is 13.3 Å². The predicted octanol–water partition coefficient (Wildman–Crippen LogP) is 2.80. The first kappa shape index (κ1) is 11.7. The standard InChI is InChI=1S/C12H14N2O2S/c1-3-16-9-5-4-8(6-10(9)15-2)11-7-14-12(13)17-11/h4-7H,3H2,1-2H3,(H2,13,14). The third kappa shape index (κ3) is 2.50. The Kier molecular flexibility index (Phi) is 3.49. The van der Waals surface area contributed by atoms with Crippen LogP contribution in [-0.4, -0.2) is 18.7 Å². The average molecular weight is 250 g/mol. The van der Waals surface area contributed by atoms with Crippen molar-refractivity contribution >= 4 is 16.5 Å². The van der Waals surface area contributed by atoms with E-state index in [4.69, 9.17) is 15.2 Å². The van der Waals surface area contributed by atoms with E-state index < -0.39 is 0 Å². The van der Waals surface area contributed by atoms with Crippen LogP contribution in [0.15, 0.2) is 24.4 Å². The molecule has 0 amide bonds. The molecule has 17 heavy (non-hydrogen) atoms. The number of methoxy groups -OCH3 is 1. The largest absolute Gasteiger partial charge is 0.493 e. The number of ether oxygens (including phenoxy) is 2. The van der Waals surface area contributed by atoms with Crippen molar-refractivity contribution in [3.8, 4) is 21.9 Å². The molecule has 0 saturated heterocycles. The van der Waals surface area contributed by atoms with Crippen molar-refractivity contribution in [2.45, 2.75) is 6.92 Å². The van der Waals surface area contributed by atoms with E-state index in [0.717, 1.165) is 21.9 Å². The summed E-state index contributed by atoms with van der Waals surface area (Å²) in [5.41, 5.74) is 6.64. The van der Waals surface area contributed by atoms with Gasteiger partial charge in [0, 0.05) is 6.20 Å². The van der Waals surface area contributed by atoms with Gasteiger partial charge in [0.1, 0.15) is 0 Å². The van der Waals surface area contributed by atoms with Gasteiger partial charge in [-0.1, -0.05) is 11.3 Å². The number of hydrogen-bond acceptors (Lipinski definition) is 5. The lowest BCUT2D eigenvalue weighted by Gasteiger charge is -2.10. The van der Waals surface area contributed by atoms with E-state index in [-0.39, 0.29) is 0 Å². The Morgan fingerprint density at radius 2 is 2.18 bits per heavy atom. The van der Waals surface area contributed by atoms with Crippen LogP contribution in [0.5, 0.6) is 11.5 Å². The highest BCUT2D eigenvalue weighted by Crippen LogP contribution is 2.35. The molecule has 5 heteroatoms. The van der Waals surface area contributed by atoms with Crippen molar-refractivity contribution in [2.24, 2.45) is 0 Å². The lowest BCUT2D eigenvalue weighted by atomic mass is 10.2. The zero-order valence-corrected chi connectivity index (χ0v) is 10.6. The molecular formula is C12H14N2O2S. The van der Waals surface area contributed by atoms with Gasteiger partial charge in [-0.15, -0.1) is 0 Å². The molecule has 0 unspecified atom stereocenters. The van der Waals surface area contributed by atoms with Gasteiger partial charge in [0.25, 0.3) is 0 Å². The van der Waals surface area contributed by atoms with Crippen LogP contribution in [0.25, 0.3) is 10.4 Å². The third-order valence-corrected chi connectivity index (χ3v) is 3.15. The lowest BCUT2D eigenvalue weighted by Crippen LogP contribution is -1.95. The topological polar surface area (TPSA) is 57.4 Å². The Labute approximate surface area is 104 Å². The van der Waals surface area contributed by atoms with Gasteiger partial charge in [-0.05, 0) is 30.7 Å². The first-order valence-corrected chi connectivity index (χ1v) is 6.08. The van der Waals surface area contributed by atoms with Crippen molar-refractivity contribution in [3.05, 3.63) is 24.4 Å². The van der Waals surface area contributed by atoms with Crippen molar-refractivity contribution in [2.75, 3.05) is 19.5 Å². The molecule has 1 heterocycles. The molecule has 1 aromatic heterocycles. The second-order valence-corrected chi connectivity index (χ2v) is 4.42. The molecular weight excluding hydrogens is 236 g/mol. The van der Waals surface area contributed by atoms with Gasteiger partial charge in [-0.25, -0.2) is 4.98 Å². The molecule has 0 fully saturated rings. The SMILES string of the molecule is CCOc1ccc(-c2cnc(N)s2)cc1OC. The number of thiazole rings is 1. The number of nitrogens with zero attached hydrogens (tertiary/aromatic N) is 1. The van der Waals surface area contributed by atoms with Gasteiger partial charge in [0.2, 0.25) is 0 Å². The summed E-state index contributed by atoms with van der Waals surface area (Å²) < 4.78 is 10.8. The minimum absolute atomic E-state index is 0.563. The van der Waals surface area contributed by atoms with Gasteiger partial charge in [0.15, 0.2) is 16.6 Å². The fourth-order valence-corrected chi connectivity index (χ4v) is 2.20. The summed E-state index contributed by atoms with van der Waals surface area (Å²) in [5.74, 6) is 1.47. The van der Waals surface area contributed by atoms with Gasteiger partial charge in [0.05, 0.1) is 18.6 Å². The monoisotopic (exact) mass is 250 g/mol. The molecule has 0 radical (unpaired) electrons. The van der Waals surface area contributed by atoms with Gasteiger partial charge in [-0.2, -0.15) is 0 Å². The lowest BCUT2D eigenvalue weighted by molar-refractivity contribution is 0.311. The normalized spacial score (nSPS) is 10.2. The van der Waals surface area contributed by atoms with Crippen LogP contribution in [0.4, 0.5) is 5.13 Å². The van der Waals surface area contributed by atoms with Crippen LogP contribution < -0.4 is 15.2 Å². The zero-order valence-electron chi connectivity index (χ0n) is 9.77. The second-order valence-electron chi connectivity index (χ2n) is 3.36. The minimum atomic E-state index is 0.563. The maximum absolute atomic E-state index is 5.62. The van der Waals surface area contributed by atoms with Crippen molar-refractivity contribution in [3.63, 3.8) is 0 Å². The zero-order chi connectivity index (χ0) is 12.3. The highest BCUT2D eigenvalue weighted by atomic mass is 32.1. The van der Waals surface area contributed by atoms with Crippen LogP contribution in [-0.2, 0) is 0 Å². The fraction of sp³-hybridized carbons (Fsp3) is 0.250. The van der Waals surface area contributed by atoms with Crippen LogP contribution in [0.2, 0.25) is 0 Å². The Hall–Kier alpha value is -1.75. The molecule has 2 aromatic rings. The van der Waals surface area contributed by atoms with Crippen LogP contribution in [0, 0.1) is 0 Å². The van der Waals surface area contributed by atoms with Gasteiger partial charge in [-0.3, -0.25) is 0 Å². The molecule has 0 aliphatic heterocycles. The van der Waals surface area contributed by atoms with Crippen molar-refractivity contribution in [1.82, 2.24) is 4.98 Å². The maximum Gasteiger partial charge on any atom is 0.180 e. The highest BCUT2D eigenvalue weighted by molar-refractivity contribution is 7.18. The molecule has 1 aromatic carbocycles. The van der Waals surface area contributed by atoms with Crippen LogP contribution >= 0.6 is 11.3 Å². The summed E-state index contributed by atoms with van der Waals surface area (Å²) >= 11 is 1.45. The summed E-state index contributed by atoms with van der Waals surface area (Å²) in [6.07, 6.45) is 1.76. The summed E-state index contributed by atoms with van der Waals surface area (Å²) in [6.45, 7) is 2.56. The summed E-state index contributed by atoms with van der Waals surface area (Å²) in [7, 11) is 1.63. The third-order valence-electron chi connectivity index (χ3n) is 2.27. The Morgan fingerprint density at radius 3 is 2.76 bits per heavy atom. The molecule has 0 bridgehead atoms.